The Labute approximate surface area is 160 Å². The summed E-state index contributed by atoms with van der Waals surface area (Å²) >= 11 is 0. The van der Waals surface area contributed by atoms with Gasteiger partial charge in [-0.25, -0.2) is 0 Å². The van der Waals surface area contributed by atoms with E-state index in [0.717, 1.165) is 12.8 Å². The zero-order chi connectivity index (χ0) is 20.4. The first-order chi connectivity index (χ1) is 11.8. The Balaban J connectivity index is 3.91. The van der Waals surface area contributed by atoms with Crippen molar-refractivity contribution < 1.29 is 19.4 Å². The summed E-state index contributed by atoms with van der Waals surface area (Å²) in [6, 6.07) is 0. The molecule has 0 saturated heterocycles. The molecule has 6 nitrogen and oxygen atoms in total. The standard InChI is InChI=1S/C19H37BN2O4/c1-6-18(4,21)12-14-26-17(2,3)11-9-15(23)22-13-8-7-10-19(5,20)16(24)25/h6-14,21H2,1-5H3,(H,22,23)(H,24,25). The molecule has 0 aliphatic rings. The Morgan fingerprint density at radius 1 is 1.12 bits per heavy atom. The van der Waals surface area contributed by atoms with Gasteiger partial charge in [0.1, 0.15) is 0 Å². The number of nitrogens with two attached hydrogens (primary N) is 1. The third-order valence-electron chi connectivity index (χ3n) is 4.86. The zero-order valence-corrected chi connectivity index (χ0v) is 17.2. The highest BCUT2D eigenvalue weighted by Crippen LogP contribution is 2.27. The van der Waals surface area contributed by atoms with Crippen LogP contribution < -0.4 is 11.1 Å². The van der Waals surface area contributed by atoms with Gasteiger partial charge in [-0.2, -0.15) is 0 Å². The van der Waals surface area contributed by atoms with E-state index in [2.05, 4.69) is 12.2 Å². The summed E-state index contributed by atoms with van der Waals surface area (Å²) in [5.74, 6) is -1.02. The first kappa shape index (κ1) is 24.9. The number of unbranched alkanes of at least 4 members (excludes halogenated alkanes) is 1. The lowest BCUT2D eigenvalue weighted by molar-refractivity contribution is -0.140. The molecule has 0 aromatic heterocycles. The summed E-state index contributed by atoms with van der Waals surface area (Å²) in [6.45, 7) is 10.6. The number of rotatable bonds is 14. The minimum atomic E-state index is -1.21. The van der Waals surface area contributed by atoms with Crippen LogP contribution in [0.15, 0.2) is 0 Å². The molecular formula is C19H37BN2O4. The van der Waals surface area contributed by atoms with Gasteiger partial charge in [0.2, 0.25) is 5.91 Å². The molecule has 0 aromatic rings. The van der Waals surface area contributed by atoms with Gasteiger partial charge in [0.15, 0.2) is 0 Å². The molecule has 0 aliphatic carbocycles. The van der Waals surface area contributed by atoms with Crippen molar-refractivity contribution in [2.75, 3.05) is 13.2 Å². The molecule has 0 saturated carbocycles. The third kappa shape index (κ3) is 11.5. The van der Waals surface area contributed by atoms with Gasteiger partial charge in [0, 0.05) is 30.4 Å². The molecule has 0 aliphatic heterocycles. The van der Waals surface area contributed by atoms with Crippen molar-refractivity contribution in [3.63, 3.8) is 0 Å². The normalized spacial score (nSPS) is 16.5. The molecule has 7 heteroatoms. The molecule has 0 rings (SSSR count). The number of carbonyl (C=O) groups excluding carboxylic acids is 1. The summed E-state index contributed by atoms with van der Waals surface area (Å²) in [4.78, 5) is 22.8. The minimum absolute atomic E-state index is 0.0207. The number of carboxylic acid groups (broad SMARTS) is 1. The van der Waals surface area contributed by atoms with Crippen LogP contribution in [-0.4, -0.2) is 49.1 Å². The maximum atomic E-state index is 11.9. The first-order valence-electron chi connectivity index (χ1n) is 9.53. The van der Waals surface area contributed by atoms with Crippen LogP contribution in [0, 0.1) is 0 Å². The number of hydrogen-bond donors (Lipinski definition) is 3. The number of carbonyl (C=O) groups is 2. The second kappa shape index (κ2) is 10.9. The molecule has 0 aromatic carbocycles. The second-order valence-electron chi connectivity index (χ2n) is 8.40. The highest BCUT2D eigenvalue weighted by molar-refractivity contribution is 6.26. The quantitative estimate of drug-likeness (QED) is 0.323. The molecule has 0 spiro atoms. The highest BCUT2D eigenvalue weighted by Gasteiger charge is 2.25. The van der Waals surface area contributed by atoms with Gasteiger partial charge >= 0.3 is 0 Å². The lowest BCUT2D eigenvalue weighted by atomic mass is 9.67. The largest absolute Gasteiger partial charge is 0.481 e. The highest BCUT2D eigenvalue weighted by atomic mass is 16.5. The average Bonchev–Trinajstić information content (AvgIpc) is 2.52. The van der Waals surface area contributed by atoms with Crippen molar-refractivity contribution in [1.29, 1.82) is 0 Å². The number of ether oxygens (including phenoxy) is 1. The Hall–Kier alpha value is -1.08. The van der Waals surface area contributed by atoms with E-state index in [1.165, 1.54) is 6.92 Å². The molecule has 0 heterocycles. The molecule has 0 bridgehead atoms. The number of carboxylic acids is 1. The van der Waals surface area contributed by atoms with Crippen molar-refractivity contribution in [3.05, 3.63) is 0 Å². The molecule has 2 atom stereocenters. The van der Waals surface area contributed by atoms with Gasteiger partial charge in [-0.3, -0.25) is 9.59 Å². The number of aliphatic carboxylic acids is 1. The molecule has 150 valence electrons. The van der Waals surface area contributed by atoms with Gasteiger partial charge in [0.25, 0.3) is 5.97 Å². The van der Waals surface area contributed by atoms with E-state index in [4.69, 9.17) is 23.4 Å². The van der Waals surface area contributed by atoms with Crippen LogP contribution >= 0.6 is 0 Å². The van der Waals surface area contributed by atoms with E-state index in [9.17, 15) is 9.59 Å². The average molecular weight is 368 g/mol. The van der Waals surface area contributed by atoms with Gasteiger partial charge in [-0.1, -0.05) is 20.3 Å². The first-order valence-corrected chi connectivity index (χ1v) is 9.53. The number of hydrogen-bond acceptors (Lipinski definition) is 4. The van der Waals surface area contributed by atoms with E-state index in [-0.39, 0.29) is 17.0 Å². The maximum Gasteiger partial charge on any atom is 0.300 e. The van der Waals surface area contributed by atoms with Crippen molar-refractivity contribution in [2.24, 2.45) is 5.73 Å². The van der Waals surface area contributed by atoms with Gasteiger partial charge in [0.05, 0.1) is 13.4 Å². The van der Waals surface area contributed by atoms with Crippen molar-refractivity contribution in [1.82, 2.24) is 5.32 Å². The van der Waals surface area contributed by atoms with Crippen LogP contribution in [0.4, 0.5) is 0 Å². The molecule has 2 radical (unpaired) electrons. The summed E-state index contributed by atoms with van der Waals surface area (Å²) in [7, 11) is 5.66. The Kier molecular flexibility index (Phi) is 10.5. The van der Waals surface area contributed by atoms with E-state index in [0.29, 0.717) is 45.3 Å². The van der Waals surface area contributed by atoms with Gasteiger partial charge in [-0.05, 0) is 52.9 Å². The number of nitrogens with one attached hydrogen (secondary N) is 1. The van der Waals surface area contributed by atoms with E-state index < -0.39 is 11.3 Å². The van der Waals surface area contributed by atoms with Crippen molar-refractivity contribution >= 4 is 19.7 Å². The van der Waals surface area contributed by atoms with E-state index >= 15 is 0 Å². The third-order valence-corrected chi connectivity index (χ3v) is 4.86. The lowest BCUT2D eigenvalue weighted by Gasteiger charge is -2.28. The second-order valence-corrected chi connectivity index (χ2v) is 8.40. The van der Waals surface area contributed by atoms with Gasteiger partial charge in [-0.15, -0.1) is 0 Å². The maximum absolute atomic E-state index is 11.9. The van der Waals surface area contributed by atoms with Crippen LogP contribution in [0.1, 0.15) is 79.6 Å². The fraction of sp³-hybridized carbons (Fsp3) is 0.895. The Morgan fingerprint density at radius 2 is 1.73 bits per heavy atom. The molecule has 0 fully saturated rings. The smallest absolute Gasteiger partial charge is 0.300 e. The summed E-state index contributed by atoms with van der Waals surface area (Å²) < 4.78 is 5.89. The van der Waals surface area contributed by atoms with Crippen molar-refractivity contribution in [3.8, 4) is 0 Å². The monoisotopic (exact) mass is 368 g/mol. The predicted molar refractivity (Wildman–Crippen MR) is 105 cm³/mol. The van der Waals surface area contributed by atoms with Crippen molar-refractivity contribution in [2.45, 2.75) is 96.0 Å². The van der Waals surface area contributed by atoms with Crippen LogP contribution in [0.5, 0.6) is 0 Å². The van der Waals surface area contributed by atoms with Crippen LogP contribution in [-0.2, 0) is 14.3 Å². The topological polar surface area (TPSA) is 102 Å². The Morgan fingerprint density at radius 3 is 2.27 bits per heavy atom. The lowest BCUT2D eigenvalue weighted by Crippen LogP contribution is -2.38. The predicted octanol–water partition coefficient (Wildman–Crippen LogP) is 2.80. The Bertz CT molecular complexity index is 451. The fourth-order valence-electron chi connectivity index (χ4n) is 2.26. The van der Waals surface area contributed by atoms with E-state index in [1.807, 2.05) is 20.8 Å². The van der Waals surface area contributed by atoms with Gasteiger partial charge < -0.3 is 20.9 Å². The van der Waals surface area contributed by atoms with Crippen LogP contribution in [0.3, 0.4) is 0 Å². The van der Waals surface area contributed by atoms with Crippen LogP contribution in [0.2, 0.25) is 5.31 Å². The summed E-state index contributed by atoms with van der Waals surface area (Å²) in [5, 5.41) is 10.6. The molecule has 2 unspecified atom stereocenters. The summed E-state index contributed by atoms with van der Waals surface area (Å²) in [6.07, 6.45) is 4.46. The molecular weight excluding hydrogens is 331 g/mol. The zero-order valence-electron chi connectivity index (χ0n) is 17.2. The molecule has 1 amide bonds. The number of amides is 1. The fourth-order valence-corrected chi connectivity index (χ4v) is 2.26. The van der Waals surface area contributed by atoms with E-state index in [1.54, 1.807) is 0 Å². The van der Waals surface area contributed by atoms with Crippen LogP contribution in [0.25, 0.3) is 0 Å². The SMILES string of the molecule is [B]C(C)(CCCCNC(=O)CCC(C)(C)OCCC(C)(N)CC)C(=O)O. The molecule has 26 heavy (non-hydrogen) atoms. The summed E-state index contributed by atoms with van der Waals surface area (Å²) in [5.41, 5.74) is 5.52. The molecule has 4 N–H and O–H groups in total. The minimum Gasteiger partial charge on any atom is -0.481 e.